The zero-order valence-corrected chi connectivity index (χ0v) is 13.7. The van der Waals surface area contributed by atoms with Crippen LogP contribution in [0.5, 0.6) is 5.75 Å². The molecule has 0 fully saturated rings. The maximum atomic E-state index is 13.7. The molecule has 0 saturated carbocycles. The summed E-state index contributed by atoms with van der Waals surface area (Å²) in [6.07, 6.45) is 0. The Morgan fingerprint density at radius 1 is 1.08 bits per heavy atom. The molecule has 2 aromatic carbocycles. The Hall–Kier alpha value is -2.89. The van der Waals surface area contributed by atoms with Crippen LogP contribution in [0.2, 0.25) is 0 Å². The van der Waals surface area contributed by atoms with E-state index in [9.17, 15) is 14.0 Å². The van der Waals surface area contributed by atoms with Gasteiger partial charge in [0.25, 0.3) is 0 Å². The Balaban J connectivity index is 1.98. The molecule has 0 saturated heterocycles. The van der Waals surface area contributed by atoms with Crippen LogP contribution in [0.25, 0.3) is 0 Å². The van der Waals surface area contributed by atoms with Gasteiger partial charge < -0.3 is 15.4 Å². The summed E-state index contributed by atoms with van der Waals surface area (Å²) in [6, 6.07) is 10.9. The first kappa shape index (κ1) is 17.5. The Bertz CT molecular complexity index is 744. The Morgan fingerprint density at radius 2 is 1.75 bits per heavy atom. The Kier molecular flexibility index (Phi) is 5.52. The molecular formula is C18H19FN2O3. The number of hydrogen-bond acceptors (Lipinski definition) is 3. The predicted molar refractivity (Wildman–Crippen MR) is 89.3 cm³/mol. The van der Waals surface area contributed by atoms with Crippen molar-refractivity contribution in [3.63, 3.8) is 0 Å². The van der Waals surface area contributed by atoms with Gasteiger partial charge in [0, 0.05) is 5.69 Å². The molecular weight excluding hydrogens is 311 g/mol. The molecule has 0 aliphatic carbocycles. The van der Waals surface area contributed by atoms with Crippen LogP contribution in [0.4, 0.5) is 10.1 Å². The highest BCUT2D eigenvalue weighted by Gasteiger charge is 2.18. The van der Waals surface area contributed by atoms with Crippen LogP contribution in [0, 0.1) is 12.7 Å². The smallest absolute Gasteiger partial charge is 0.313 e. The number of methoxy groups -OCH3 is 1. The average molecular weight is 330 g/mol. The number of carbonyl (C=O) groups is 2. The van der Waals surface area contributed by atoms with Gasteiger partial charge in [-0.1, -0.05) is 23.8 Å². The highest BCUT2D eigenvalue weighted by molar-refractivity contribution is 6.39. The second kappa shape index (κ2) is 7.59. The van der Waals surface area contributed by atoms with Crippen LogP contribution in [-0.2, 0) is 9.59 Å². The lowest BCUT2D eigenvalue weighted by Crippen LogP contribution is -2.36. The molecule has 0 radical (unpaired) electrons. The van der Waals surface area contributed by atoms with E-state index in [2.05, 4.69) is 10.6 Å². The van der Waals surface area contributed by atoms with Crippen molar-refractivity contribution in [1.82, 2.24) is 5.32 Å². The molecule has 0 heterocycles. The van der Waals surface area contributed by atoms with Gasteiger partial charge in [-0.25, -0.2) is 4.39 Å². The number of hydrogen-bond donors (Lipinski definition) is 2. The van der Waals surface area contributed by atoms with Crippen molar-refractivity contribution in [2.75, 3.05) is 12.4 Å². The fourth-order valence-electron chi connectivity index (χ4n) is 2.12. The summed E-state index contributed by atoms with van der Waals surface area (Å²) in [5, 5.41) is 5.04. The molecule has 1 unspecified atom stereocenters. The van der Waals surface area contributed by atoms with Gasteiger partial charge in [-0.2, -0.15) is 0 Å². The van der Waals surface area contributed by atoms with Gasteiger partial charge in [-0.05, 0) is 43.7 Å². The normalized spacial score (nSPS) is 11.5. The third kappa shape index (κ3) is 4.32. The van der Waals surface area contributed by atoms with Crippen molar-refractivity contribution in [3.8, 4) is 5.75 Å². The van der Waals surface area contributed by atoms with Crippen LogP contribution in [0.1, 0.15) is 24.1 Å². The van der Waals surface area contributed by atoms with Gasteiger partial charge in [-0.3, -0.25) is 9.59 Å². The molecule has 2 rings (SSSR count). The van der Waals surface area contributed by atoms with Gasteiger partial charge in [0.05, 0.1) is 13.2 Å². The average Bonchev–Trinajstić information content (AvgIpc) is 2.56. The minimum Gasteiger partial charge on any atom is -0.494 e. The first-order valence-electron chi connectivity index (χ1n) is 7.42. The van der Waals surface area contributed by atoms with Crippen LogP contribution in [0.3, 0.4) is 0 Å². The zero-order valence-electron chi connectivity index (χ0n) is 13.7. The summed E-state index contributed by atoms with van der Waals surface area (Å²) in [5.41, 5.74) is 2.11. The molecule has 0 aliphatic rings. The van der Waals surface area contributed by atoms with Gasteiger partial charge in [-0.15, -0.1) is 0 Å². The van der Waals surface area contributed by atoms with E-state index >= 15 is 0 Å². The molecule has 0 spiro atoms. The number of anilines is 1. The third-order valence-electron chi connectivity index (χ3n) is 3.54. The number of aryl methyl sites for hydroxylation is 1. The molecule has 0 aromatic heterocycles. The molecule has 0 aliphatic heterocycles. The second-order valence-corrected chi connectivity index (χ2v) is 5.41. The number of rotatable bonds is 4. The Morgan fingerprint density at radius 3 is 2.33 bits per heavy atom. The largest absolute Gasteiger partial charge is 0.494 e. The predicted octanol–water partition coefficient (Wildman–Crippen LogP) is 2.96. The van der Waals surface area contributed by atoms with E-state index in [1.165, 1.54) is 19.2 Å². The minimum absolute atomic E-state index is 0.120. The van der Waals surface area contributed by atoms with Crippen LogP contribution >= 0.6 is 0 Å². The summed E-state index contributed by atoms with van der Waals surface area (Å²) in [5.74, 6) is -1.98. The number of carbonyl (C=O) groups excluding carboxylic acids is 2. The molecule has 0 bridgehead atoms. The SMILES string of the molecule is COc1ccc(C(C)NC(=O)C(=O)Nc2ccc(C)cc2)cc1F. The summed E-state index contributed by atoms with van der Waals surface area (Å²) in [4.78, 5) is 23.9. The molecule has 5 nitrogen and oxygen atoms in total. The van der Waals surface area contributed by atoms with Crippen molar-refractivity contribution < 1.29 is 18.7 Å². The number of ether oxygens (including phenoxy) is 1. The molecule has 2 amide bonds. The highest BCUT2D eigenvalue weighted by Crippen LogP contribution is 2.21. The van der Waals surface area contributed by atoms with E-state index in [0.29, 0.717) is 11.3 Å². The maximum absolute atomic E-state index is 13.7. The van der Waals surface area contributed by atoms with Crippen molar-refractivity contribution in [1.29, 1.82) is 0 Å². The fourth-order valence-corrected chi connectivity index (χ4v) is 2.12. The summed E-state index contributed by atoms with van der Waals surface area (Å²) in [7, 11) is 1.37. The van der Waals surface area contributed by atoms with Crippen LogP contribution in [0.15, 0.2) is 42.5 Å². The van der Waals surface area contributed by atoms with E-state index in [4.69, 9.17) is 4.74 Å². The quantitative estimate of drug-likeness (QED) is 0.847. The van der Waals surface area contributed by atoms with Gasteiger partial charge in [0.2, 0.25) is 0 Å². The Labute approximate surface area is 139 Å². The van der Waals surface area contributed by atoms with E-state index in [-0.39, 0.29) is 5.75 Å². The maximum Gasteiger partial charge on any atom is 0.313 e. The lowest BCUT2D eigenvalue weighted by atomic mass is 10.1. The minimum atomic E-state index is -0.792. The highest BCUT2D eigenvalue weighted by atomic mass is 19.1. The second-order valence-electron chi connectivity index (χ2n) is 5.41. The van der Waals surface area contributed by atoms with Crippen molar-refractivity contribution in [2.45, 2.75) is 19.9 Å². The lowest BCUT2D eigenvalue weighted by Gasteiger charge is -2.15. The van der Waals surface area contributed by atoms with Gasteiger partial charge in [0.15, 0.2) is 11.6 Å². The van der Waals surface area contributed by atoms with Crippen molar-refractivity contribution >= 4 is 17.5 Å². The topological polar surface area (TPSA) is 67.4 Å². The van der Waals surface area contributed by atoms with E-state index in [1.54, 1.807) is 25.1 Å². The fraction of sp³-hybridized carbons (Fsp3) is 0.222. The van der Waals surface area contributed by atoms with Crippen LogP contribution in [-0.4, -0.2) is 18.9 Å². The van der Waals surface area contributed by atoms with Gasteiger partial charge >= 0.3 is 11.8 Å². The monoisotopic (exact) mass is 330 g/mol. The number of nitrogens with one attached hydrogen (secondary N) is 2. The van der Waals surface area contributed by atoms with E-state index in [1.807, 2.05) is 19.1 Å². The molecule has 2 aromatic rings. The van der Waals surface area contributed by atoms with E-state index < -0.39 is 23.7 Å². The molecule has 2 N–H and O–H groups in total. The summed E-state index contributed by atoms with van der Waals surface area (Å²) >= 11 is 0. The standard InChI is InChI=1S/C18H19FN2O3/c1-11-4-7-14(8-5-11)21-18(23)17(22)20-12(2)13-6-9-16(24-3)15(19)10-13/h4-10,12H,1-3H3,(H,20,22)(H,21,23). The first-order chi connectivity index (χ1) is 11.4. The first-order valence-corrected chi connectivity index (χ1v) is 7.42. The van der Waals surface area contributed by atoms with E-state index in [0.717, 1.165) is 5.56 Å². The van der Waals surface area contributed by atoms with Crippen LogP contribution < -0.4 is 15.4 Å². The molecule has 1 atom stereocenters. The van der Waals surface area contributed by atoms with Crippen molar-refractivity contribution in [3.05, 3.63) is 59.4 Å². The number of benzene rings is 2. The summed E-state index contributed by atoms with van der Waals surface area (Å²) in [6.45, 7) is 3.59. The number of halogens is 1. The third-order valence-corrected chi connectivity index (χ3v) is 3.54. The molecule has 6 heteroatoms. The van der Waals surface area contributed by atoms with Crippen molar-refractivity contribution in [2.24, 2.45) is 0 Å². The lowest BCUT2D eigenvalue weighted by molar-refractivity contribution is -0.136. The zero-order chi connectivity index (χ0) is 17.7. The molecule has 126 valence electrons. The molecule has 24 heavy (non-hydrogen) atoms. The summed E-state index contributed by atoms with van der Waals surface area (Å²) < 4.78 is 18.6. The van der Waals surface area contributed by atoms with Gasteiger partial charge in [0.1, 0.15) is 0 Å². The number of amides is 2.